The predicted octanol–water partition coefficient (Wildman–Crippen LogP) is 3.03. The molecular weight excluding hydrogens is 352 g/mol. The van der Waals surface area contributed by atoms with Crippen molar-refractivity contribution >= 4 is 29.1 Å². The van der Waals surface area contributed by atoms with Crippen molar-refractivity contribution in [2.24, 2.45) is 5.73 Å². The highest BCUT2D eigenvalue weighted by Gasteiger charge is 2.45. The smallest absolute Gasteiger partial charge is 0.295 e. The predicted molar refractivity (Wildman–Crippen MR) is 101 cm³/mol. The van der Waals surface area contributed by atoms with E-state index in [1.54, 1.807) is 24.3 Å². The van der Waals surface area contributed by atoms with Gasteiger partial charge >= 0.3 is 0 Å². The maximum Gasteiger partial charge on any atom is 0.295 e. The van der Waals surface area contributed by atoms with Crippen molar-refractivity contribution < 1.29 is 14.7 Å². The Labute approximate surface area is 156 Å². The lowest BCUT2D eigenvalue weighted by Crippen LogP contribution is -2.34. The minimum atomic E-state index is -0.712. The van der Waals surface area contributed by atoms with Crippen LogP contribution in [0.1, 0.15) is 22.7 Å². The lowest BCUT2D eigenvalue weighted by Gasteiger charge is -2.24. The average Bonchev–Trinajstić information content (AvgIpc) is 2.88. The van der Waals surface area contributed by atoms with Crippen LogP contribution < -0.4 is 5.73 Å². The van der Waals surface area contributed by atoms with E-state index >= 15 is 0 Å². The number of aliphatic hydroxyl groups is 1. The third-order valence-electron chi connectivity index (χ3n) is 4.42. The van der Waals surface area contributed by atoms with Gasteiger partial charge in [-0.25, -0.2) is 0 Å². The number of hydrogen-bond donors (Lipinski definition) is 2. The summed E-state index contributed by atoms with van der Waals surface area (Å²) in [5, 5.41) is 11.3. The van der Waals surface area contributed by atoms with Crippen LogP contribution in [0.15, 0.2) is 54.1 Å². The van der Waals surface area contributed by atoms with E-state index in [0.717, 1.165) is 11.1 Å². The summed E-state index contributed by atoms with van der Waals surface area (Å²) in [7, 11) is 0. The van der Waals surface area contributed by atoms with Crippen LogP contribution in [0, 0.1) is 6.92 Å². The molecule has 0 aromatic heterocycles. The van der Waals surface area contributed by atoms with Gasteiger partial charge in [0.25, 0.3) is 11.7 Å². The van der Waals surface area contributed by atoms with Crippen LogP contribution >= 0.6 is 11.6 Å². The van der Waals surface area contributed by atoms with Crippen molar-refractivity contribution in [3.63, 3.8) is 0 Å². The number of carbonyl (C=O) groups excluding carboxylic acids is 2. The van der Waals surface area contributed by atoms with Crippen molar-refractivity contribution in [3.8, 4) is 0 Å². The average molecular weight is 371 g/mol. The molecule has 1 fully saturated rings. The number of benzene rings is 2. The van der Waals surface area contributed by atoms with E-state index in [0.29, 0.717) is 10.6 Å². The second kappa shape index (κ2) is 7.32. The molecule has 26 heavy (non-hydrogen) atoms. The molecule has 3 rings (SSSR count). The third-order valence-corrected chi connectivity index (χ3v) is 4.67. The molecule has 2 aromatic carbocycles. The molecule has 3 N–H and O–H groups in total. The molecule has 6 heteroatoms. The summed E-state index contributed by atoms with van der Waals surface area (Å²) in [6.07, 6.45) is 0. The Morgan fingerprint density at radius 3 is 2.31 bits per heavy atom. The first-order valence-electron chi connectivity index (χ1n) is 8.25. The van der Waals surface area contributed by atoms with E-state index in [1.165, 1.54) is 4.90 Å². The zero-order valence-electron chi connectivity index (χ0n) is 14.3. The van der Waals surface area contributed by atoms with Gasteiger partial charge in [-0.2, -0.15) is 0 Å². The van der Waals surface area contributed by atoms with E-state index < -0.39 is 17.7 Å². The number of ketones is 1. The van der Waals surface area contributed by atoms with Gasteiger partial charge in [-0.15, -0.1) is 0 Å². The van der Waals surface area contributed by atoms with Gasteiger partial charge in [0.2, 0.25) is 0 Å². The van der Waals surface area contributed by atoms with E-state index in [-0.39, 0.29) is 24.4 Å². The van der Waals surface area contributed by atoms with Gasteiger partial charge in [0.05, 0.1) is 11.6 Å². The summed E-state index contributed by atoms with van der Waals surface area (Å²) in [4.78, 5) is 26.6. The Morgan fingerprint density at radius 2 is 1.73 bits per heavy atom. The molecule has 1 heterocycles. The van der Waals surface area contributed by atoms with Crippen molar-refractivity contribution in [1.82, 2.24) is 4.90 Å². The molecule has 1 saturated heterocycles. The van der Waals surface area contributed by atoms with Crippen molar-refractivity contribution in [1.29, 1.82) is 0 Å². The summed E-state index contributed by atoms with van der Waals surface area (Å²) in [6, 6.07) is 13.3. The molecule has 0 aliphatic carbocycles. The topological polar surface area (TPSA) is 83.6 Å². The lowest BCUT2D eigenvalue weighted by molar-refractivity contribution is -0.139. The van der Waals surface area contributed by atoms with Crippen LogP contribution in [0.5, 0.6) is 0 Å². The number of aliphatic hydroxyl groups excluding tert-OH is 1. The Hall–Kier alpha value is -2.63. The number of carbonyl (C=O) groups is 2. The SMILES string of the molecule is Cc1ccc(C2/C(=C(\O)c3ccc(Cl)cc3)C(=O)C(=O)N2CCN)cc1. The summed E-state index contributed by atoms with van der Waals surface area (Å²) in [5.41, 5.74) is 7.93. The summed E-state index contributed by atoms with van der Waals surface area (Å²) >= 11 is 5.89. The third kappa shape index (κ3) is 3.23. The zero-order valence-corrected chi connectivity index (χ0v) is 15.0. The van der Waals surface area contributed by atoms with Gasteiger partial charge in [-0.3, -0.25) is 9.59 Å². The van der Waals surface area contributed by atoms with Crippen LogP contribution in [-0.4, -0.2) is 34.8 Å². The first-order valence-corrected chi connectivity index (χ1v) is 8.63. The van der Waals surface area contributed by atoms with Crippen molar-refractivity contribution in [2.45, 2.75) is 13.0 Å². The highest BCUT2D eigenvalue weighted by atomic mass is 35.5. The van der Waals surface area contributed by atoms with Crippen molar-refractivity contribution in [2.75, 3.05) is 13.1 Å². The number of hydrogen-bond acceptors (Lipinski definition) is 4. The molecule has 0 radical (unpaired) electrons. The van der Waals surface area contributed by atoms with Gasteiger partial charge in [-0.1, -0.05) is 41.4 Å². The number of halogens is 1. The van der Waals surface area contributed by atoms with E-state index in [2.05, 4.69) is 0 Å². The summed E-state index contributed by atoms with van der Waals surface area (Å²) in [5.74, 6) is -1.59. The zero-order chi connectivity index (χ0) is 18.8. The number of aryl methyl sites for hydroxylation is 1. The number of nitrogens with two attached hydrogens (primary N) is 1. The van der Waals surface area contributed by atoms with Gasteiger partial charge in [0, 0.05) is 23.7 Å². The van der Waals surface area contributed by atoms with Gasteiger partial charge in [0.15, 0.2) is 0 Å². The number of Topliss-reactive ketones (excluding diaryl/α,β-unsaturated/α-hetero) is 1. The first kappa shape index (κ1) is 18.2. The minimum Gasteiger partial charge on any atom is -0.507 e. The molecule has 0 saturated carbocycles. The maximum atomic E-state index is 12.6. The maximum absolute atomic E-state index is 12.6. The van der Waals surface area contributed by atoms with E-state index in [1.807, 2.05) is 31.2 Å². The lowest BCUT2D eigenvalue weighted by atomic mass is 9.95. The Bertz CT molecular complexity index is 873. The van der Waals surface area contributed by atoms with Gasteiger partial charge in [0.1, 0.15) is 5.76 Å². The first-order chi connectivity index (χ1) is 12.4. The molecule has 1 unspecified atom stereocenters. The fraction of sp³-hybridized carbons (Fsp3) is 0.200. The molecular formula is C20H19ClN2O3. The van der Waals surface area contributed by atoms with Crippen LogP contribution in [-0.2, 0) is 9.59 Å². The molecule has 1 aliphatic heterocycles. The number of likely N-dealkylation sites (tertiary alicyclic amines) is 1. The van der Waals surface area contributed by atoms with Crippen molar-refractivity contribution in [3.05, 3.63) is 75.8 Å². The van der Waals surface area contributed by atoms with Gasteiger partial charge < -0.3 is 15.7 Å². The molecule has 134 valence electrons. The monoisotopic (exact) mass is 370 g/mol. The number of amides is 1. The van der Waals surface area contributed by atoms with E-state index in [4.69, 9.17) is 17.3 Å². The van der Waals surface area contributed by atoms with Crippen LogP contribution in [0.4, 0.5) is 0 Å². The summed E-state index contributed by atoms with van der Waals surface area (Å²) < 4.78 is 0. The van der Waals surface area contributed by atoms with Crippen LogP contribution in [0.25, 0.3) is 5.76 Å². The van der Waals surface area contributed by atoms with Crippen LogP contribution in [0.2, 0.25) is 5.02 Å². The quantitative estimate of drug-likeness (QED) is 0.492. The molecule has 1 amide bonds. The molecule has 1 atom stereocenters. The van der Waals surface area contributed by atoms with E-state index in [9.17, 15) is 14.7 Å². The Balaban J connectivity index is 2.17. The molecule has 0 spiro atoms. The normalized spacial score (nSPS) is 19.2. The summed E-state index contributed by atoms with van der Waals surface area (Å²) in [6.45, 7) is 2.39. The molecule has 1 aliphatic rings. The fourth-order valence-corrected chi connectivity index (χ4v) is 3.23. The Morgan fingerprint density at radius 1 is 1.12 bits per heavy atom. The fourth-order valence-electron chi connectivity index (χ4n) is 3.11. The Kier molecular flexibility index (Phi) is 5.11. The largest absolute Gasteiger partial charge is 0.507 e. The number of nitrogens with zero attached hydrogens (tertiary/aromatic N) is 1. The van der Waals surface area contributed by atoms with Crippen LogP contribution in [0.3, 0.4) is 0 Å². The second-order valence-electron chi connectivity index (χ2n) is 6.20. The molecule has 0 bridgehead atoms. The standard InChI is InChI=1S/C20H19ClN2O3/c1-12-2-4-13(5-3-12)17-16(19(25)20(26)23(17)11-10-22)18(24)14-6-8-15(21)9-7-14/h2-9,17,24H,10-11,22H2,1H3/b18-16+. The molecule has 2 aromatic rings. The highest BCUT2D eigenvalue weighted by Crippen LogP contribution is 2.39. The molecule has 5 nitrogen and oxygen atoms in total. The second-order valence-corrected chi connectivity index (χ2v) is 6.64. The minimum absolute atomic E-state index is 0.0645. The number of rotatable bonds is 4. The van der Waals surface area contributed by atoms with Gasteiger partial charge in [-0.05, 0) is 36.8 Å². The highest BCUT2D eigenvalue weighted by molar-refractivity contribution is 6.46.